The third-order valence-electron chi connectivity index (χ3n) is 3.00. The van der Waals surface area contributed by atoms with Gasteiger partial charge in [-0.15, -0.1) is 0 Å². The van der Waals surface area contributed by atoms with E-state index in [1.165, 1.54) is 25.0 Å². The lowest BCUT2D eigenvalue weighted by molar-refractivity contribution is 0.508. The molecular formula is C13H14F2N2S. The monoisotopic (exact) mass is 268 g/mol. The van der Waals surface area contributed by atoms with E-state index in [0.29, 0.717) is 11.8 Å². The van der Waals surface area contributed by atoms with Gasteiger partial charge in [0.05, 0.1) is 11.3 Å². The summed E-state index contributed by atoms with van der Waals surface area (Å²) >= 11 is 1.87. The van der Waals surface area contributed by atoms with Gasteiger partial charge in [-0.1, -0.05) is 6.42 Å². The van der Waals surface area contributed by atoms with Crippen molar-refractivity contribution in [3.05, 3.63) is 29.3 Å². The molecule has 1 aliphatic heterocycles. The molecule has 2 rings (SSSR count). The average molecular weight is 268 g/mol. The van der Waals surface area contributed by atoms with Crippen LogP contribution in [0.15, 0.2) is 12.1 Å². The lowest BCUT2D eigenvalue weighted by Crippen LogP contribution is -2.20. The number of nitrogens with one attached hydrogen (secondary N) is 1. The Labute approximate surface area is 109 Å². The predicted molar refractivity (Wildman–Crippen MR) is 69.7 cm³/mol. The van der Waals surface area contributed by atoms with Crippen molar-refractivity contribution in [2.45, 2.75) is 24.5 Å². The van der Waals surface area contributed by atoms with Crippen LogP contribution in [0.2, 0.25) is 0 Å². The first kappa shape index (κ1) is 13.2. The molecule has 96 valence electrons. The van der Waals surface area contributed by atoms with E-state index in [2.05, 4.69) is 5.32 Å². The fourth-order valence-electron chi connectivity index (χ4n) is 1.96. The van der Waals surface area contributed by atoms with Gasteiger partial charge in [-0.2, -0.15) is 17.0 Å². The van der Waals surface area contributed by atoms with Crippen LogP contribution in [0, 0.1) is 23.0 Å². The van der Waals surface area contributed by atoms with E-state index in [1.54, 1.807) is 6.07 Å². The Morgan fingerprint density at radius 1 is 1.33 bits per heavy atom. The Balaban J connectivity index is 2.01. The maximum absolute atomic E-state index is 13.6. The molecule has 0 saturated carbocycles. The molecule has 1 aromatic carbocycles. The number of rotatable bonds is 3. The van der Waals surface area contributed by atoms with Crippen molar-refractivity contribution in [2.24, 2.45) is 0 Å². The Morgan fingerprint density at radius 3 is 2.83 bits per heavy atom. The highest BCUT2D eigenvalue weighted by Gasteiger charge is 2.16. The molecule has 1 unspecified atom stereocenters. The molecule has 1 N–H and O–H groups in total. The zero-order chi connectivity index (χ0) is 13.0. The van der Waals surface area contributed by atoms with Gasteiger partial charge in [0.2, 0.25) is 0 Å². The van der Waals surface area contributed by atoms with Gasteiger partial charge < -0.3 is 5.32 Å². The highest BCUT2D eigenvalue weighted by Crippen LogP contribution is 2.26. The van der Waals surface area contributed by atoms with Crippen LogP contribution in [0.3, 0.4) is 0 Å². The molecule has 1 aromatic rings. The van der Waals surface area contributed by atoms with E-state index in [9.17, 15) is 8.78 Å². The molecule has 18 heavy (non-hydrogen) atoms. The second kappa shape index (κ2) is 6.05. The van der Waals surface area contributed by atoms with Crippen LogP contribution in [0.5, 0.6) is 0 Å². The third kappa shape index (κ3) is 2.94. The van der Waals surface area contributed by atoms with Crippen molar-refractivity contribution in [1.29, 1.82) is 5.26 Å². The summed E-state index contributed by atoms with van der Waals surface area (Å²) in [6, 6.07) is 4.34. The molecule has 1 saturated heterocycles. The summed E-state index contributed by atoms with van der Waals surface area (Å²) in [6.07, 6.45) is 3.54. The van der Waals surface area contributed by atoms with E-state index in [-0.39, 0.29) is 11.3 Å². The highest BCUT2D eigenvalue weighted by atomic mass is 32.2. The lowest BCUT2D eigenvalue weighted by Gasteiger charge is -2.22. The molecule has 0 amide bonds. The van der Waals surface area contributed by atoms with Gasteiger partial charge in [-0.05, 0) is 30.7 Å². The molecule has 0 radical (unpaired) electrons. The number of anilines is 1. The Morgan fingerprint density at radius 2 is 2.17 bits per heavy atom. The zero-order valence-corrected chi connectivity index (χ0v) is 10.7. The van der Waals surface area contributed by atoms with Crippen LogP contribution < -0.4 is 5.32 Å². The van der Waals surface area contributed by atoms with Crippen LogP contribution in [0.1, 0.15) is 24.8 Å². The summed E-state index contributed by atoms with van der Waals surface area (Å²) in [5.41, 5.74) is -0.122. The molecule has 1 atom stereocenters. The maximum atomic E-state index is 13.6. The van der Waals surface area contributed by atoms with Crippen molar-refractivity contribution < 1.29 is 8.78 Å². The van der Waals surface area contributed by atoms with Gasteiger partial charge in [0.1, 0.15) is 6.07 Å². The van der Waals surface area contributed by atoms with Crippen molar-refractivity contribution in [3.63, 3.8) is 0 Å². The number of benzene rings is 1. The maximum Gasteiger partial charge on any atom is 0.183 e. The normalized spacial score (nSPS) is 19.3. The molecule has 1 aliphatic rings. The van der Waals surface area contributed by atoms with Crippen LogP contribution in [-0.4, -0.2) is 17.5 Å². The molecule has 0 bridgehead atoms. The quantitative estimate of drug-likeness (QED) is 0.911. The first-order valence-electron chi connectivity index (χ1n) is 5.96. The van der Waals surface area contributed by atoms with Crippen molar-refractivity contribution in [3.8, 4) is 6.07 Å². The fraction of sp³-hybridized carbons (Fsp3) is 0.462. The molecule has 1 fully saturated rings. The molecule has 0 spiro atoms. The van der Waals surface area contributed by atoms with Gasteiger partial charge in [0.25, 0.3) is 0 Å². The first-order chi connectivity index (χ1) is 8.72. The number of hydrogen-bond acceptors (Lipinski definition) is 3. The predicted octanol–water partition coefficient (Wildman–Crippen LogP) is 3.53. The molecule has 0 aromatic heterocycles. The van der Waals surface area contributed by atoms with Crippen molar-refractivity contribution in [1.82, 2.24) is 0 Å². The van der Waals surface area contributed by atoms with E-state index >= 15 is 0 Å². The Hall–Kier alpha value is -1.28. The Bertz CT molecular complexity index is 465. The smallest absolute Gasteiger partial charge is 0.183 e. The summed E-state index contributed by atoms with van der Waals surface area (Å²) in [5.74, 6) is -0.898. The number of nitrogens with zero attached hydrogens (tertiary/aromatic N) is 1. The fourth-order valence-corrected chi connectivity index (χ4v) is 3.20. The van der Waals surface area contributed by atoms with Crippen LogP contribution in [0.4, 0.5) is 14.5 Å². The van der Waals surface area contributed by atoms with Gasteiger partial charge in [-0.25, -0.2) is 8.78 Å². The van der Waals surface area contributed by atoms with Gasteiger partial charge >= 0.3 is 0 Å². The topological polar surface area (TPSA) is 35.8 Å². The van der Waals surface area contributed by atoms with Gasteiger partial charge in [-0.3, -0.25) is 0 Å². The molecule has 1 heterocycles. The van der Waals surface area contributed by atoms with E-state index < -0.39 is 11.6 Å². The summed E-state index contributed by atoms with van der Waals surface area (Å²) < 4.78 is 27.0. The molecule has 0 aliphatic carbocycles. The summed E-state index contributed by atoms with van der Waals surface area (Å²) in [7, 11) is 0. The minimum absolute atomic E-state index is 0.137. The molecular weight excluding hydrogens is 254 g/mol. The number of hydrogen-bond donors (Lipinski definition) is 1. The second-order valence-corrected chi connectivity index (χ2v) is 5.68. The van der Waals surface area contributed by atoms with Crippen LogP contribution in [0.25, 0.3) is 0 Å². The highest BCUT2D eigenvalue weighted by molar-refractivity contribution is 7.99. The third-order valence-corrected chi connectivity index (χ3v) is 4.40. The second-order valence-electron chi connectivity index (χ2n) is 4.27. The summed E-state index contributed by atoms with van der Waals surface area (Å²) in [5, 5.41) is 12.0. The SMILES string of the molecule is N#Cc1ccc(NCC2CCCCS2)c(F)c1F. The van der Waals surface area contributed by atoms with Crippen molar-refractivity contribution in [2.75, 3.05) is 17.6 Å². The largest absolute Gasteiger partial charge is 0.381 e. The first-order valence-corrected chi connectivity index (χ1v) is 7.01. The summed E-state index contributed by atoms with van der Waals surface area (Å²) in [4.78, 5) is 0. The summed E-state index contributed by atoms with van der Waals surface area (Å²) in [6.45, 7) is 0.632. The van der Waals surface area contributed by atoms with Gasteiger partial charge in [0.15, 0.2) is 11.6 Å². The molecule has 2 nitrogen and oxygen atoms in total. The van der Waals surface area contributed by atoms with E-state index in [0.717, 1.165) is 12.2 Å². The zero-order valence-electron chi connectivity index (χ0n) is 9.88. The lowest BCUT2D eigenvalue weighted by atomic mass is 10.1. The van der Waals surface area contributed by atoms with E-state index in [4.69, 9.17) is 5.26 Å². The molecule has 5 heteroatoms. The van der Waals surface area contributed by atoms with Crippen LogP contribution >= 0.6 is 11.8 Å². The number of thioether (sulfide) groups is 1. The Kier molecular flexibility index (Phi) is 4.43. The average Bonchev–Trinajstić information content (AvgIpc) is 2.42. The van der Waals surface area contributed by atoms with Crippen molar-refractivity contribution >= 4 is 17.4 Å². The van der Waals surface area contributed by atoms with E-state index in [1.807, 2.05) is 11.8 Å². The van der Waals surface area contributed by atoms with Gasteiger partial charge in [0, 0.05) is 11.8 Å². The standard InChI is InChI=1S/C13H14F2N2S/c14-12-9(7-16)4-5-11(13(12)15)17-8-10-3-1-2-6-18-10/h4-5,10,17H,1-3,6,8H2. The number of nitriles is 1. The van der Waals surface area contributed by atoms with Crippen LogP contribution in [-0.2, 0) is 0 Å². The minimum atomic E-state index is -1.07. The minimum Gasteiger partial charge on any atom is -0.381 e. The number of halogens is 2.